The third kappa shape index (κ3) is 3.30. The average Bonchev–Trinajstić information content (AvgIpc) is 2.78. The van der Waals surface area contributed by atoms with Crippen molar-refractivity contribution >= 4 is 15.9 Å². The number of halogens is 1. The zero-order chi connectivity index (χ0) is 14.7. The molecule has 3 nitrogen and oxygen atoms in total. The Morgan fingerprint density at radius 2 is 1.90 bits per heavy atom. The highest BCUT2D eigenvalue weighted by Crippen LogP contribution is 2.28. The number of nitrogens with zero attached hydrogens (tertiary/aromatic N) is 1. The van der Waals surface area contributed by atoms with E-state index in [1.54, 1.807) is 0 Å². The first kappa shape index (κ1) is 15.3. The van der Waals surface area contributed by atoms with E-state index in [4.69, 9.17) is 4.98 Å². The fourth-order valence-corrected chi connectivity index (χ4v) is 2.68. The molecule has 0 saturated heterocycles. The van der Waals surface area contributed by atoms with Crippen molar-refractivity contribution < 1.29 is 0 Å². The van der Waals surface area contributed by atoms with Crippen LogP contribution in [0.2, 0.25) is 0 Å². The highest BCUT2D eigenvalue weighted by atomic mass is 79.9. The summed E-state index contributed by atoms with van der Waals surface area (Å²) in [5.41, 5.74) is 3.33. The summed E-state index contributed by atoms with van der Waals surface area (Å²) in [6.07, 6.45) is 0. The summed E-state index contributed by atoms with van der Waals surface area (Å²) >= 11 is 3.47. The molecule has 0 aliphatic rings. The first-order valence-electron chi connectivity index (χ1n) is 7.00. The Balaban J connectivity index is 2.35. The quantitative estimate of drug-likeness (QED) is 0.863. The normalized spacial score (nSPS) is 12.9. The maximum absolute atomic E-state index is 4.84. The summed E-state index contributed by atoms with van der Waals surface area (Å²) in [5, 5.41) is 3.26. The zero-order valence-corrected chi connectivity index (χ0v) is 14.1. The topological polar surface area (TPSA) is 40.7 Å². The predicted molar refractivity (Wildman–Crippen MR) is 88.0 cm³/mol. The van der Waals surface area contributed by atoms with Crippen molar-refractivity contribution in [2.45, 2.75) is 26.7 Å². The fourth-order valence-electron chi connectivity index (χ4n) is 2.42. The van der Waals surface area contributed by atoms with Crippen molar-refractivity contribution in [1.82, 2.24) is 15.3 Å². The number of nitrogens with one attached hydrogen (secondary N) is 2. The number of aromatic amines is 1. The zero-order valence-electron chi connectivity index (χ0n) is 12.5. The van der Waals surface area contributed by atoms with Gasteiger partial charge in [0.05, 0.1) is 5.69 Å². The highest BCUT2D eigenvalue weighted by molar-refractivity contribution is 9.10. The van der Waals surface area contributed by atoms with Crippen LogP contribution in [0.4, 0.5) is 0 Å². The lowest BCUT2D eigenvalue weighted by molar-refractivity contribution is 0.461. The molecule has 0 amide bonds. The Hall–Kier alpha value is -1.13. The molecular weight excluding hydrogens is 314 g/mol. The molecule has 0 aliphatic carbocycles. The maximum atomic E-state index is 4.84. The van der Waals surface area contributed by atoms with Crippen molar-refractivity contribution in [3.8, 4) is 11.3 Å². The van der Waals surface area contributed by atoms with Crippen molar-refractivity contribution in [1.29, 1.82) is 0 Å². The van der Waals surface area contributed by atoms with Crippen LogP contribution in [0.1, 0.15) is 31.3 Å². The lowest BCUT2D eigenvalue weighted by Gasteiger charge is -2.17. The number of aryl methyl sites for hydroxylation is 1. The molecule has 0 bridgehead atoms. The van der Waals surface area contributed by atoms with Gasteiger partial charge in [-0.05, 0) is 32.0 Å². The Morgan fingerprint density at radius 1 is 1.25 bits per heavy atom. The minimum Gasteiger partial charge on any atom is -0.345 e. The van der Waals surface area contributed by atoms with Gasteiger partial charge in [0.1, 0.15) is 5.82 Å². The van der Waals surface area contributed by atoms with Gasteiger partial charge in [0, 0.05) is 28.2 Å². The third-order valence-corrected chi connectivity index (χ3v) is 4.13. The molecule has 0 saturated carbocycles. The van der Waals surface area contributed by atoms with Crippen LogP contribution in [-0.4, -0.2) is 23.6 Å². The molecule has 1 unspecified atom stereocenters. The van der Waals surface area contributed by atoms with Gasteiger partial charge in [0.25, 0.3) is 0 Å². The molecule has 1 atom stereocenters. The van der Waals surface area contributed by atoms with Crippen LogP contribution in [0.15, 0.2) is 28.7 Å². The van der Waals surface area contributed by atoms with Crippen LogP contribution in [0.25, 0.3) is 11.3 Å². The molecule has 0 radical (unpaired) electrons. The van der Waals surface area contributed by atoms with E-state index < -0.39 is 0 Å². The molecule has 2 aromatic rings. The predicted octanol–water partition coefficient (Wildman–Crippen LogP) is 4.11. The van der Waals surface area contributed by atoms with Crippen LogP contribution < -0.4 is 5.32 Å². The average molecular weight is 336 g/mol. The Kier molecular flexibility index (Phi) is 5.00. The van der Waals surface area contributed by atoms with Crippen LogP contribution in [0.3, 0.4) is 0 Å². The van der Waals surface area contributed by atoms with E-state index in [9.17, 15) is 0 Å². The largest absolute Gasteiger partial charge is 0.345 e. The standard InChI is InChI=1S/C16H22BrN3/c1-10(2)14(9-18-4)16-19-11(3)15(20-16)12-5-7-13(17)8-6-12/h5-8,10,14,18H,9H2,1-4H3,(H,19,20). The van der Waals surface area contributed by atoms with Gasteiger partial charge < -0.3 is 10.3 Å². The van der Waals surface area contributed by atoms with Gasteiger partial charge in [-0.25, -0.2) is 4.98 Å². The Bertz CT molecular complexity index is 558. The summed E-state index contributed by atoms with van der Waals surface area (Å²) in [6.45, 7) is 7.49. The molecule has 20 heavy (non-hydrogen) atoms. The number of hydrogen-bond acceptors (Lipinski definition) is 2. The summed E-state index contributed by atoms with van der Waals surface area (Å²) in [7, 11) is 1.99. The van der Waals surface area contributed by atoms with E-state index in [1.165, 1.54) is 0 Å². The second kappa shape index (κ2) is 6.55. The smallest absolute Gasteiger partial charge is 0.111 e. The van der Waals surface area contributed by atoms with Crippen molar-refractivity contribution in [3.05, 3.63) is 40.3 Å². The van der Waals surface area contributed by atoms with Gasteiger partial charge in [-0.1, -0.05) is 41.9 Å². The number of aromatic nitrogens is 2. The van der Waals surface area contributed by atoms with Gasteiger partial charge in [-0.2, -0.15) is 0 Å². The SMILES string of the molecule is CNCC(c1nc(-c2ccc(Br)cc2)c(C)[nH]1)C(C)C. The maximum Gasteiger partial charge on any atom is 0.111 e. The summed E-state index contributed by atoms with van der Waals surface area (Å²) in [5.74, 6) is 2.03. The van der Waals surface area contributed by atoms with Crippen molar-refractivity contribution in [2.75, 3.05) is 13.6 Å². The number of hydrogen-bond donors (Lipinski definition) is 2. The summed E-state index contributed by atoms with van der Waals surface area (Å²) in [6, 6.07) is 8.30. The molecule has 1 aromatic carbocycles. The van der Waals surface area contributed by atoms with E-state index in [1.807, 2.05) is 7.05 Å². The molecule has 1 heterocycles. The lowest BCUT2D eigenvalue weighted by atomic mass is 9.95. The molecule has 1 aromatic heterocycles. The minimum atomic E-state index is 0.405. The van der Waals surface area contributed by atoms with E-state index in [0.717, 1.165) is 33.8 Å². The molecule has 2 N–H and O–H groups in total. The van der Waals surface area contributed by atoms with Crippen LogP contribution in [0, 0.1) is 12.8 Å². The lowest BCUT2D eigenvalue weighted by Crippen LogP contribution is -2.22. The molecule has 0 fully saturated rings. The number of benzene rings is 1. The van der Waals surface area contributed by atoms with Crippen molar-refractivity contribution in [2.24, 2.45) is 5.92 Å². The fraction of sp³-hybridized carbons (Fsp3) is 0.438. The molecule has 0 aliphatic heterocycles. The van der Waals surface area contributed by atoms with Gasteiger partial charge in [-0.15, -0.1) is 0 Å². The van der Waals surface area contributed by atoms with Crippen molar-refractivity contribution in [3.63, 3.8) is 0 Å². The molecular formula is C16H22BrN3. The monoisotopic (exact) mass is 335 g/mol. The van der Waals surface area contributed by atoms with Crippen LogP contribution in [0.5, 0.6) is 0 Å². The van der Waals surface area contributed by atoms with Crippen LogP contribution in [-0.2, 0) is 0 Å². The van der Waals surface area contributed by atoms with E-state index in [2.05, 4.69) is 71.3 Å². The van der Waals surface area contributed by atoms with Crippen LogP contribution >= 0.6 is 15.9 Å². The van der Waals surface area contributed by atoms with E-state index in [-0.39, 0.29) is 0 Å². The van der Waals surface area contributed by atoms with E-state index in [0.29, 0.717) is 11.8 Å². The number of H-pyrrole nitrogens is 1. The molecule has 108 valence electrons. The highest BCUT2D eigenvalue weighted by Gasteiger charge is 2.20. The number of imidazole rings is 1. The molecule has 0 spiro atoms. The first-order chi connectivity index (χ1) is 9.52. The second-order valence-electron chi connectivity index (χ2n) is 5.51. The number of likely N-dealkylation sites (N-methyl/N-ethyl adjacent to an activating group) is 1. The summed E-state index contributed by atoms with van der Waals surface area (Å²) in [4.78, 5) is 8.30. The second-order valence-corrected chi connectivity index (χ2v) is 6.43. The molecule has 4 heteroatoms. The van der Waals surface area contributed by atoms with Gasteiger partial charge in [0.15, 0.2) is 0 Å². The minimum absolute atomic E-state index is 0.405. The van der Waals surface area contributed by atoms with E-state index >= 15 is 0 Å². The number of rotatable bonds is 5. The Morgan fingerprint density at radius 3 is 2.45 bits per heavy atom. The third-order valence-electron chi connectivity index (χ3n) is 3.60. The Labute approximate surface area is 129 Å². The van der Waals surface area contributed by atoms with Gasteiger partial charge >= 0.3 is 0 Å². The first-order valence-corrected chi connectivity index (χ1v) is 7.79. The van der Waals surface area contributed by atoms with Gasteiger partial charge in [-0.3, -0.25) is 0 Å². The summed E-state index contributed by atoms with van der Waals surface area (Å²) < 4.78 is 1.09. The molecule has 2 rings (SSSR count). The van der Waals surface area contributed by atoms with Gasteiger partial charge in [0.2, 0.25) is 0 Å².